The van der Waals surface area contributed by atoms with Gasteiger partial charge in [0.05, 0.1) is 10.6 Å². The lowest BCUT2D eigenvalue weighted by Gasteiger charge is -2.33. The normalized spacial score (nSPS) is 12.9. The molecule has 2 amide bonds. The molecule has 7 nitrogen and oxygen atoms in total. The van der Waals surface area contributed by atoms with Gasteiger partial charge in [-0.2, -0.15) is 0 Å². The maximum Gasteiger partial charge on any atom is 0.264 e. The van der Waals surface area contributed by atoms with Crippen LogP contribution in [0.4, 0.5) is 5.69 Å². The van der Waals surface area contributed by atoms with Crippen molar-refractivity contribution in [1.29, 1.82) is 0 Å². The molecule has 1 N–H and O–H groups in total. The molecule has 41 heavy (non-hydrogen) atoms. The lowest BCUT2D eigenvalue weighted by Crippen LogP contribution is -2.52. The smallest absolute Gasteiger partial charge is 0.264 e. The van der Waals surface area contributed by atoms with Gasteiger partial charge < -0.3 is 10.2 Å². The van der Waals surface area contributed by atoms with Crippen molar-refractivity contribution in [3.63, 3.8) is 0 Å². The Morgan fingerprint density at radius 3 is 2.20 bits per heavy atom. The number of anilines is 1. The average Bonchev–Trinajstić information content (AvgIpc) is 2.95. The highest BCUT2D eigenvalue weighted by atomic mass is 35.5. The first-order chi connectivity index (χ1) is 19.4. The Labute approximate surface area is 253 Å². The monoisotopic (exact) mass is 617 g/mol. The molecule has 0 heterocycles. The first kappa shape index (κ1) is 32.4. The number of benzene rings is 3. The van der Waals surface area contributed by atoms with E-state index in [1.165, 1.54) is 17.0 Å². The van der Waals surface area contributed by atoms with Gasteiger partial charge in [-0.1, -0.05) is 79.0 Å². The second-order valence-electron chi connectivity index (χ2n) is 10.1. The molecule has 0 aliphatic rings. The van der Waals surface area contributed by atoms with E-state index in [0.29, 0.717) is 34.1 Å². The molecule has 0 aliphatic heterocycles. The summed E-state index contributed by atoms with van der Waals surface area (Å²) in [5, 5.41) is 3.69. The van der Waals surface area contributed by atoms with Crippen molar-refractivity contribution in [2.75, 3.05) is 10.8 Å². The predicted octanol–water partition coefficient (Wildman–Crippen LogP) is 6.39. The first-order valence-electron chi connectivity index (χ1n) is 13.6. The van der Waals surface area contributed by atoms with Crippen molar-refractivity contribution in [1.82, 2.24) is 10.2 Å². The van der Waals surface area contributed by atoms with Crippen LogP contribution in [0.1, 0.15) is 50.8 Å². The lowest BCUT2D eigenvalue weighted by atomic mass is 10.1. The van der Waals surface area contributed by atoms with Crippen molar-refractivity contribution >= 4 is 50.7 Å². The third-order valence-corrected chi connectivity index (χ3v) is 9.41. The highest BCUT2D eigenvalue weighted by Gasteiger charge is 2.33. The van der Waals surface area contributed by atoms with E-state index >= 15 is 0 Å². The zero-order valence-corrected chi connectivity index (χ0v) is 26.4. The molecule has 0 aromatic heterocycles. The molecule has 3 aromatic rings. The van der Waals surface area contributed by atoms with Crippen molar-refractivity contribution in [2.24, 2.45) is 0 Å². The quantitative estimate of drug-likeness (QED) is 0.255. The van der Waals surface area contributed by atoms with Crippen LogP contribution in [-0.4, -0.2) is 43.8 Å². The first-order valence-corrected chi connectivity index (χ1v) is 15.8. The minimum absolute atomic E-state index is 0.0161. The molecule has 0 aliphatic carbocycles. The maximum atomic E-state index is 14.1. The molecule has 10 heteroatoms. The zero-order chi connectivity index (χ0) is 30.3. The van der Waals surface area contributed by atoms with Gasteiger partial charge in [0.1, 0.15) is 12.6 Å². The molecular formula is C31H37Cl2N3O4S. The summed E-state index contributed by atoms with van der Waals surface area (Å²) in [4.78, 5) is 28.7. The van der Waals surface area contributed by atoms with Gasteiger partial charge >= 0.3 is 0 Å². The molecular weight excluding hydrogens is 581 g/mol. The zero-order valence-electron chi connectivity index (χ0n) is 24.0. The van der Waals surface area contributed by atoms with Gasteiger partial charge in [-0.05, 0) is 75.1 Å². The van der Waals surface area contributed by atoms with E-state index < -0.39 is 28.5 Å². The number of hydrogen-bond donors (Lipinski definition) is 1. The van der Waals surface area contributed by atoms with E-state index in [9.17, 15) is 18.0 Å². The van der Waals surface area contributed by atoms with Gasteiger partial charge in [-0.3, -0.25) is 13.9 Å². The summed E-state index contributed by atoms with van der Waals surface area (Å²) < 4.78 is 29.2. The van der Waals surface area contributed by atoms with Gasteiger partial charge in [0, 0.05) is 22.6 Å². The SMILES string of the molecule is CCc1ccccc1N(CC(=O)N(Cc1ccc(Cl)cc1Cl)C(C)C(=O)NC(C)CC)S(=O)(=O)c1ccc(C)cc1. The number of nitrogens with one attached hydrogen (secondary N) is 1. The van der Waals surface area contributed by atoms with E-state index in [-0.39, 0.29) is 23.4 Å². The Kier molecular flexibility index (Phi) is 11.2. The van der Waals surface area contributed by atoms with E-state index in [0.717, 1.165) is 15.4 Å². The summed E-state index contributed by atoms with van der Waals surface area (Å²) in [6.45, 7) is 8.72. The maximum absolute atomic E-state index is 14.1. The summed E-state index contributed by atoms with van der Waals surface area (Å²) in [5.74, 6) is -0.899. The van der Waals surface area contributed by atoms with Gasteiger partial charge in [-0.25, -0.2) is 8.42 Å². The van der Waals surface area contributed by atoms with Crippen LogP contribution in [0, 0.1) is 6.92 Å². The minimum Gasteiger partial charge on any atom is -0.352 e. The van der Waals surface area contributed by atoms with E-state index in [1.807, 2.05) is 39.8 Å². The van der Waals surface area contributed by atoms with Crippen molar-refractivity contribution < 1.29 is 18.0 Å². The average molecular weight is 619 g/mol. The van der Waals surface area contributed by atoms with Crippen LogP contribution < -0.4 is 9.62 Å². The van der Waals surface area contributed by atoms with Gasteiger partial charge in [0.15, 0.2) is 0 Å². The molecule has 0 saturated carbocycles. The van der Waals surface area contributed by atoms with Crippen LogP contribution >= 0.6 is 23.2 Å². The summed E-state index contributed by atoms with van der Waals surface area (Å²) in [6.07, 6.45) is 1.27. The standard InChI is InChI=1S/C31H37Cl2N3O4S/c1-6-22(4)34-31(38)23(5)35(19-25-14-15-26(32)18-28(25)33)30(37)20-36(29-11-9-8-10-24(29)7-2)41(39,40)27-16-12-21(3)13-17-27/h8-18,22-23H,6-7,19-20H2,1-5H3,(H,34,38). The van der Waals surface area contributed by atoms with Crippen LogP contribution in [0.25, 0.3) is 0 Å². The molecule has 3 aromatic carbocycles. The number of carbonyl (C=O) groups excluding carboxylic acids is 2. The largest absolute Gasteiger partial charge is 0.352 e. The third-order valence-electron chi connectivity index (χ3n) is 7.05. The molecule has 3 rings (SSSR count). The fourth-order valence-electron chi connectivity index (χ4n) is 4.29. The molecule has 2 unspecified atom stereocenters. The second kappa shape index (κ2) is 14.2. The number of nitrogens with zero attached hydrogens (tertiary/aromatic N) is 2. The summed E-state index contributed by atoms with van der Waals surface area (Å²) in [5.41, 5.74) is 2.66. The van der Waals surface area contributed by atoms with Gasteiger partial charge in [0.25, 0.3) is 10.0 Å². The molecule has 0 bridgehead atoms. The summed E-state index contributed by atoms with van der Waals surface area (Å²) in [7, 11) is -4.15. The van der Waals surface area contributed by atoms with Gasteiger partial charge in [-0.15, -0.1) is 0 Å². The Hall–Kier alpha value is -3.07. The number of hydrogen-bond acceptors (Lipinski definition) is 4. The summed E-state index contributed by atoms with van der Waals surface area (Å²) in [6, 6.07) is 17.5. The predicted molar refractivity (Wildman–Crippen MR) is 166 cm³/mol. The van der Waals surface area contributed by atoms with Crippen LogP contribution in [0.15, 0.2) is 71.6 Å². The molecule has 0 spiro atoms. The van der Waals surface area contributed by atoms with E-state index in [2.05, 4.69) is 5.32 Å². The number of amides is 2. The minimum atomic E-state index is -4.15. The van der Waals surface area contributed by atoms with Gasteiger partial charge in [0.2, 0.25) is 11.8 Å². The molecule has 2 atom stereocenters. The molecule has 0 radical (unpaired) electrons. The van der Waals surface area contributed by atoms with Crippen LogP contribution in [-0.2, 0) is 32.6 Å². The van der Waals surface area contributed by atoms with E-state index in [1.54, 1.807) is 49.4 Å². The molecule has 0 saturated heterocycles. The van der Waals surface area contributed by atoms with E-state index in [4.69, 9.17) is 23.2 Å². The Bertz CT molecular complexity index is 1480. The highest BCUT2D eigenvalue weighted by Crippen LogP contribution is 2.29. The second-order valence-corrected chi connectivity index (χ2v) is 12.8. The van der Waals surface area contributed by atoms with Crippen molar-refractivity contribution in [2.45, 2.75) is 71.0 Å². The topological polar surface area (TPSA) is 86.8 Å². The highest BCUT2D eigenvalue weighted by molar-refractivity contribution is 7.92. The Morgan fingerprint density at radius 2 is 1.59 bits per heavy atom. The Balaban J connectivity index is 2.08. The lowest BCUT2D eigenvalue weighted by molar-refractivity contribution is -0.139. The number of rotatable bonds is 12. The Morgan fingerprint density at radius 1 is 0.927 bits per heavy atom. The number of carbonyl (C=O) groups is 2. The molecule has 0 fully saturated rings. The van der Waals surface area contributed by atoms with Crippen LogP contribution in [0.5, 0.6) is 0 Å². The molecule has 220 valence electrons. The summed E-state index contributed by atoms with van der Waals surface area (Å²) >= 11 is 12.5. The fraction of sp³-hybridized carbons (Fsp3) is 0.355. The number of aryl methyl sites for hydroxylation is 2. The van der Waals surface area contributed by atoms with Crippen LogP contribution in [0.3, 0.4) is 0 Å². The number of sulfonamides is 1. The van der Waals surface area contributed by atoms with Crippen molar-refractivity contribution in [3.8, 4) is 0 Å². The van der Waals surface area contributed by atoms with Crippen molar-refractivity contribution in [3.05, 3.63) is 93.5 Å². The van der Waals surface area contributed by atoms with Crippen LogP contribution in [0.2, 0.25) is 10.0 Å². The number of para-hydroxylation sites is 1. The third kappa shape index (κ3) is 8.03. The number of halogens is 2. The fourth-order valence-corrected chi connectivity index (χ4v) is 6.21.